The number of rotatable bonds is 4. The minimum absolute atomic E-state index is 0.214. The molecule has 0 spiro atoms. The van der Waals surface area contributed by atoms with Gasteiger partial charge in [-0.3, -0.25) is 4.99 Å². The molecule has 0 saturated carbocycles. The molecule has 1 aliphatic heterocycles. The minimum Gasteiger partial charge on any atom is -0.385 e. The summed E-state index contributed by atoms with van der Waals surface area (Å²) in [4.78, 5) is 4.50. The van der Waals surface area contributed by atoms with Crippen molar-refractivity contribution in [3.63, 3.8) is 0 Å². The number of hydrogen-bond donors (Lipinski definition) is 1. The highest BCUT2D eigenvalue weighted by Crippen LogP contribution is 2.21. The van der Waals surface area contributed by atoms with E-state index in [9.17, 15) is 0 Å². The fourth-order valence-corrected chi connectivity index (χ4v) is 2.60. The van der Waals surface area contributed by atoms with Crippen molar-refractivity contribution in [2.24, 2.45) is 4.99 Å². The molecular weight excluding hydrogens is 196 g/mol. The second-order valence-corrected chi connectivity index (χ2v) is 5.22. The topological polar surface area (TPSA) is 33.6 Å². The number of aliphatic imine (C=N–C) groups is 1. The smallest absolute Gasteiger partial charge is 0.156 e. The molecule has 0 aliphatic carbocycles. The van der Waals surface area contributed by atoms with Gasteiger partial charge in [-0.05, 0) is 26.7 Å². The van der Waals surface area contributed by atoms with Crippen LogP contribution < -0.4 is 5.32 Å². The number of nitrogens with zero attached hydrogens (tertiary/aromatic N) is 1. The van der Waals surface area contributed by atoms with Crippen molar-refractivity contribution >= 4 is 16.9 Å². The van der Waals surface area contributed by atoms with Crippen LogP contribution in [0.2, 0.25) is 0 Å². The van der Waals surface area contributed by atoms with Gasteiger partial charge in [0, 0.05) is 31.6 Å². The first-order valence-electron chi connectivity index (χ1n) is 5.08. The molecule has 82 valence electrons. The molecule has 0 amide bonds. The molecule has 1 fully saturated rings. The summed E-state index contributed by atoms with van der Waals surface area (Å²) in [6.07, 6.45) is 2.21. The predicted molar refractivity (Wildman–Crippen MR) is 63.1 cm³/mol. The van der Waals surface area contributed by atoms with E-state index in [1.165, 1.54) is 12.2 Å². The molecule has 3 nitrogen and oxygen atoms in total. The maximum absolute atomic E-state index is 4.98. The van der Waals surface area contributed by atoms with E-state index in [1.807, 2.05) is 11.8 Å². The molecule has 14 heavy (non-hydrogen) atoms. The molecule has 1 saturated heterocycles. The highest BCUT2D eigenvalue weighted by atomic mass is 32.2. The third kappa shape index (κ3) is 4.33. The Hall–Kier alpha value is -0.220. The SMILES string of the molecule is COCCCN=C1NC(C)(C)CCS1. The Labute approximate surface area is 90.7 Å². The Morgan fingerprint density at radius 3 is 3.00 bits per heavy atom. The zero-order valence-corrected chi connectivity index (χ0v) is 10.1. The normalized spacial score (nSPS) is 23.5. The van der Waals surface area contributed by atoms with Crippen LogP contribution in [-0.4, -0.2) is 36.7 Å². The lowest BCUT2D eigenvalue weighted by atomic mass is 10.0. The Morgan fingerprint density at radius 1 is 1.57 bits per heavy atom. The lowest BCUT2D eigenvalue weighted by Gasteiger charge is -2.32. The lowest BCUT2D eigenvalue weighted by molar-refractivity contribution is 0.197. The summed E-state index contributed by atoms with van der Waals surface area (Å²) in [6.45, 7) is 6.10. The van der Waals surface area contributed by atoms with Crippen LogP contribution in [0.25, 0.3) is 0 Å². The van der Waals surface area contributed by atoms with Crippen molar-refractivity contribution < 1.29 is 4.74 Å². The van der Waals surface area contributed by atoms with E-state index in [-0.39, 0.29) is 5.54 Å². The molecule has 1 aliphatic rings. The second-order valence-electron chi connectivity index (χ2n) is 4.14. The summed E-state index contributed by atoms with van der Waals surface area (Å²) in [5, 5.41) is 4.54. The molecule has 0 aromatic carbocycles. The van der Waals surface area contributed by atoms with Crippen molar-refractivity contribution in [3.8, 4) is 0 Å². The number of methoxy groups -OCH3 is 1. The van der Waals surface area contributed by atoms with Gasteiger partial charge in [-0.2, -0.15) is 0 Å². The summed E-state index contributed by atoms with van der Waals surface area (Å²) < 4.78 is 4.98. The first-order chi connectivity index (χ1) is 6.64. The predicted octanol–water partition coefficient (Wildman–Crippen LogP) is 1.88. The molecule has 1 N–H and O–H groups in total. The van der Waals surface area contributed by atoms with Crippen LogP contribution >= 0.6 is 11.8 Å². The average Bonchev–Trinajstić information content (AvgIpc) is 2.11. The molecule has 1 heterocycles. The van der Waals surface area contributed by atoms with E-state index in [4.69, 9.17) is 4.74 Å². The van der Waals surface area contributed by atoms with Crippen LogP contribution in [0.1, 0.15) is 26.7 Å². The van der Waals surface area contributed by atoms with Crippen LogP contribution in [0, 0.1) is 0 Å². The summed E-state index contributed by atoms with van der Waals surface area (Å²) >= 11 is 1.82. The highest BCUT2D eigenvalue weighted by molar-refractivity contribution is 8.13. The fourth-order valence-electron chi connectivity index (χ4n) is 1.27. The maximum atomic E-state index is 4.98. The first-order valence-corrected chi connectivity index (χ1v) is 6.07. The average molecular weight is 216 g/mol. The van der Waals surface area contributed by atoms with E-state index in [1.54, 1.807) is 7.11 Å². The monoisotopic (exact) mass is 216 g/mol. The van der Waals surface area contributed by atoms with Crippen LogP contribution in [0.3, 0.4) is 0 Å². The third-order valence-electron chi connectivity index (χ3n) is 2.17. The standard InChI is InChI=1S/C10H20N2OS/c1-10(2)5-8-14-9(12-10)11-6-4-7-13-3/h4-8H2,1-3H3,(H,11,12). The Morgan fingerprint density at radius 2 is 2.36 bits per heavy atom. The van der Waals surface area contributed by atoms with E-state index < -0.39 is 0 Å². The van der Waals surface area contributed by atoms with Crippen molar-refractivity contribution in [3.05, 3.63) is 0 Å². The third-order valence-corrected chi connectivity index (χ3v) is 3.09. The Kier molecular flexibility index (Phi) is 4.75. The van der Waals surface area contributed by atoms with Gasteiger partial charge in [0.15, 0.2) is 5.17 Å². The lowest BCUT2D eigenvalue weighted by Crippen LogP contribution is -2.46. The number of hydrogen-bond acceptors (Lipinski definition) is 3. The molecular formula is C10H20N2OS. The summed E-state index contributed by atoms with van der Waals surface area (Å²) in [7, 11) is 1.73. The van der Waals surface area contributed by atoms with Crippen molar-refractivity contribution in [1.82, 2.24) is 5.32 Å². The van der Waals surface area contributed by atoms with Gasteiger partial charge in [0.2, 0.25) is 0 Å². The van der Waals surface area contributed by atoms with Gasteiger partial charge in [0.25, 0.3) is 0 Å². The molecule has 0 aromatic rings. The molecule has 0 unspecified atom stereocenters. The van der Waals surface area contributed by atoms with Gasteiger partial charge in [-0.1, -0.05) is 11.8 Å². The zero-order chi connectivity index (χ0) is 10.4. The van der Waals surface area contributed by atoms with E-state index in [0.717, 1.165) is 24.7 Å². The van der Waals surface area contributed by atoms with Crippen LogP contribution in [0.15, 0.2) is 4.99 Å². The van der Waals surface area contributed by atoms with Crippen LogP contribution in [-0.2, 0) is 4.74 Å². The van der Waals surface area contributed by atoms with Crippen molar-refractivity contribution in [2.45, 2.75) is 32.2 Å². The van der Waals surface area contributed by atoms with Gasteiger partial charge >= 0.3 is 0 Å². The molecule has 0 radical (unpaired) electrons. The molecule has 0 aromatic heterocycles. The summed E-state index contributed by atoms with van der Waals surface area (Å²) in [6, 6.07) is 0. The molecule has 4 heteroatoms. The fraction of sp³-hybridized carbons (Fsp3) is 0.900. The van der Waals surface area contributed by atoms with E-state index in [2.05, 4.69) is 24.2 Å². The van der Waals surface area contributed by atoms with E-state index >= 15 is 0 Å². The van der Waals surface area contributed by atoms with Gasteiger partial charge in [0.05, 0.1) is 0 Å². The maximum Gasteiger partial charge on any atom is 0.156 e. The van der Waals surface area contributed by atoms with Gasteiger partial charge in [0.1, 0.15) is 0 Å². The number of nitrogens with one attached hydrogen (secondary N) is 1. The number of amidine groups is 1. The number of thioether (sulfide) groups is 1. The molecule has 0 bridgehead atoms. The minimum atomic E-state index is 0.214. The largest absolute Gasteiger partial charge is 0.385 e. The van der Waals surface area contributed by atoms with Gasteiger partial charge in [-0.15, -0.1) is 0 Å². The first kappa shape index (κ1) is 11.9. The molecule has 0 atom stereocenters. The number of ether oxygens (including phenoxy) is 1. The van der Waals surface area contributed by atoms with Gasteiger partial charge in [-0.25, -0.2) is 0 Å². The summed E-state index contributed by atoms with van der Waals surface area (Å²) in [5.41, 5.74) is 0.214. The second kappa shape index (κ2) is 5.61. The quantitative estimate of drug-likeness (QED) is 0.729. The van der Waals surface area contributed by atoms with Gasteiger partial charge < -0.3 is 10.1 Å². The Bertz CT molecular complexity index is 204. The Balaban J connectivity index is 2.29. The molecule has 1 rings (SSSR count). The van der Waals surface area contributed by atoms with Crippen molar-refractivity contribution in [1.29, 1.82) is 0 Å². The highest BCUT2D eigenvalue weighted by Gasteiger charge is 2.23. The van der Waals surface area contributed by atoms with Crippen molar-refractivity contribution in [2.75, 3.05) is 26.0 Å². The summed E-state index contributed by atoms with van der Waals surface area (Å²) in [5.74, 6) is 1.17. The van der Waals surface area contributed by atoms with E-state index in [0.29, 0.717) is 0 Å². The zero-order valence-electron chi connectivity index (χ0n) is 9.30. The van der Waals surface area contributed by atoms with Crippen LogP contribution in [0.5, 0.6) is 0 Å². The van der Waals surface area contributed by atoms with Crippen LogP contribution in [0.4, 0.5) is 0 Å².